The average Bonchev–Trinajstić information content (AvgIpc) is 2.80. The van der Waals surface area contributed by atoms with Gasteiger partial charge in [0.05, 0.1) is 16.6 Å². The van der Waals surface area contributed by atoms with E-state index in [9.17, 15) is 5.11 Å². The molecule has 0 aliphatic carbocycles. The molecule has 0 radical (unpaired) electrons. The smallest absolute Gasteiger partial charge is 0.201 e. The van der Waals surface area contributed by atoms with E-state index in [1.807, 2.05) is 36.0 Å². The molecule has 1 saturated heterocycles. The van der Waals surface area contributed by atoms with E-state index in [1.165, 1.54) is 0 Å². The Morgan fingerprint density at radius 1 is 1.33 bits per heavy atom. The van der Waals surface area contributed by atoms with Crippen LogP contribution in [0.5, 0.6) is 0 Å². The Balaban J connectivity index is 1.69. The van der Waals surface area contributed by atoms with Crippen molar-refractivity contribution in [3.8, 4) is 0 Å². The van der Waals surface area contributed by atoms with Crippen LogP contribution in [0, 0.1) is 0 Å². The number of imidazole rings is 1. The van der Waals surface area contributed by atoms with Crippen LogP contribution in [-0.4, -0.2) is 38.7 Å². The van der Waals surface area contributed by atoms with Gasteiger partial charge in [-0.25, -0.2) is 4.98 Å². The second-order valence-electron chi connectivity index (χ2n) is 4.79. The third-order valence-corrected chi connectivity index (χ3v) is 4.38. The highest BCUT2D eigenvalue weighted by Crippen LogP contribution is 2.27. The van der Waals surface area contributed by atoms with Gasteiger partial charge in [0.25, 0.3) is 0 Å². The number of thioether (sulfide) groups is 1. The third kappa shape index (κ3) is 2.47. The van der Waals surface area contributed by atoms with Crippen LogP contribution in [0.4, 0.5) is 5.95 Å². The maximum absolute atomic E-state index is 10.4. The Hall–Kier alpha value is -1.20. The fourth-order valence-electron chi connectivity index (χ4n) is 2.21. The van der Waals surface area contributed by atoms with Crippen molar-refractivity contribution in [1.82, 2.24) is 9.97 Å². The zero-order chi connectivity index (χ0) is 12.4. The number of fused-ring (bicyclic) bond motifs is 1. The van der Waals surface area contributed by atoms with Crippen molar-refractivity contribution in [2.45, 2.75) is 18.4 Å². The lowest BCUT2D eigenvalue weighted by Gasteiger charge is -2.31. The number of anilines is 1. The minimum Gasteiger partial charge on any atom is -0.388 e. The Kier molecular flexibility index (Phi) is 3.18. The minimum absolute atomic E-state index is 0.563. The summed E-state index contributed by atoms with van der Waals surface area (Å²) in [5.41, 5.74) is 1.39. The number of aromatic nitrogens is 2. The molecule has 0 saturated carbocycles. The van der Waals surface area contributed by atoms with Crippen LogP contribution < -0.4 is 5.32 Å². The first-order valence-corrected chi connectivity index (χ1v) is 7.39. The van der Waals surface area contributed by atoms with Gasteiger partial charge in [0.2, 0.25) is 5.95 Å². The van der Waals surface area contributed by atoms with Crippen LogP contribution in [0.15, 0.2) is 24.3 Å². The number of aromatic amines is 1. The number of nitrogens with one attached hydrogen (secondary N) is 2. The molecule has 4 nitrogen and oxygen atoms in total. The van der Waals surface area contributed by atoms with E-state index < -0.39 is 5.60 Å². The highest BCUT2D eigenvalue weighted by Gasteiger charge is 2.29. The predicted molar refractivity (Wildman–Crippen MR) is 76.1 cm³/mol. The van der Waals surface area contributed by atoms with Crippen molar-refractivity contribution in [1.29, 1.82) is 0 Å². The molecule has 96 valence electrons. The molecule has 0 atom stereocenters. The normalized spacial score (nSPS) is 18.9. The molecule has 5 heteroatoms. The number of rotatable bonds is 3. The highest BCUT2D eigenvalue weighted by molar-refractivity contribution is 7.99. The van der Waals surface area contributed by atoms with Gasteiger partial charge in [-0.3, -0.25) is 0 Å². The Morgan fingerprint density at radius 3 is 2.89 bits per heavy atom. The number of hydrogen-bond donors (Lipinski definition) is 3. The number of H-pyrrole nitrogens is 1. The maximum Gasteiger partial charge on any atom is 0.201 e. The van der Waals surface area contributed by atoms with Crippen LogP contribution in [-0.2, 0) is 0 Å². The van der Waals surface area contributed by atoms with Crippen molar-refractivity contribution in [2.75, 3.05) is 23.4 Å². The van der Waals surface area contributed by atoms with Crippen LogP contribution in [0.3, 0.4) is 0 Å². The lowest BCUT2D eigenvalue weighted by atomic mass is 9.97. The van der Waals surface area contributed by atoms with Gasteiger partial charge in [-0.15, -0.1) is 0 Å². The Bertz CT molecular complexity index is 501. The van der Waals surface area contributed by atoms with Crippen molar-refractivity contribution in [3.63, 3.8) is 0 Å². The summed E-state index contributed by atoms with van der Waals surface area (Å²) in [5, 5.41) is 13.6. The first-order chi connectivity index (χ1) is 8.75. The number of benzene rings is 1. The molecular weight excluding hydrogens is 246 g/mol. The quantitative estimate of drug-likeness (QED) is 0.795. The highest BCUT2D eigenvalue weighted by atomic mass is 32.2. The average molecular weight is 263 g/mol. The van der Waals surface area contributed by atoms with E-state index in [0.717, 1.165) is 41.3 Å². The molecule has 0 bridgehead atoms. The van der Waals surface area contributed by atoms with Crippen LogP contribution >= 0.6 is 11.8 Å². The second kappa shape index (κ2) is 4.82. The van der Waals surface area contributed by atoms with Gasteiger partial charge in [-0.1, -0.05) is 12.1 Å². The van der Waals surface area contributed by atoms with Gasteiger partial charge in [0, 0.05) is 6.54 Å². The topological polar surface area (TPSA) is 60.9 Å². The third-order valence-electron chi connectivity index (χ3n) is 3.40. The number of para-hydroxylation sites is 2. The van der Waals surface area contributed by atoms with Gasteiger partial charge < -0.3 is 15.4 Å². The lowest BCUT2D eigenvalue weighted by molar-refractivity contribution is 0.0452. The number of aliphatic hydroxyl groups is 1. The summed E-state index contributed by atoms with van der Waals surface area (Å²) in [6.07, 6.45) is 1.70. The first-order valence-electron chi connectivity index (χ1n) is 6.24. The van der Waals surface area contributed by atoms with Crippen LogP contribution in [0.2, 0.25) is 0 Å². The van der Waals surface area contributed by atoms with Gasteiger partial charge >= 0.3 is 0 Å². The summed E-state index contributed by atoms with van der Waals surface area (Å²) in [5.74, 6) is 2.82. The molecular formula is C13H17N3OS. The largest absolute Gasteiger partial charge is 0.388 e. The summed E-state index contributed by atoms with van der Waals surface area (Å²) < 4.78 is 0. The Labute approximate surface area is 110 Å². The van der Waals surface area contributed by atoms with Gasteiger partial charge in [-0.2, -0.15) is 11.8 Å². The number of nitrogens with zero attached hydrogens (tertiary/aromatic N) is 1. The molecule has 0 spiro atoms. The molecule has 1 aliphatic heterocycles. The maximum atomic E-state index is 10.4. The molecule has 18 heavy (non-hydrogen) atoms. The van der Waals surface area contributed by atoms with E-state index in [2.05, 4.69) is 15.3 Å². The van der Waals surface area contributed by atoms with Crippen molar-refractivity contribution in [3.05, 3.63) is 24.3 Å². The summed E-state index contributed by atoms with van der Waals surface area (Å²) in [4.78, 5) is 7.66. The van der Waals surface area contributed by atoms with E-state index in [1.54, 1.807) is 0 Å². The van der Waals surface area contributed by atoms with E-state index >= 15 is 0 Å². The molecule has 0 amide bonds. The first kappa shape index (κ1) is 11.9. The van der Waals surface area contributed by atoms with E-state index in [4.69, 9.17) is 0 Å². The van der Waals surface area contributed by atoms with Gasteiger partial charge in [0.1, 0.15) is 0 Å². The fourth-order valence-corrected chi connectivity index (χ4v) is 3.47. The Morgan fingerprint density at radius 2 is 2.11 bits per heavy atom. The van der Waals surface area contributed by atoms with E-state index in [0.29, 0.717) is 6.54 Å². The zero-order valence-electron chi connectivity index (χ0n) is 10.1. The molecule has 2 heterocycles. The van der Waals surface area contributed by atoms with E-state index in [-0.39, 0.29) is 0 Å². The van der Waals surface area contributed by atoms with Crippen molar-refractivity contribution >= 4 is 28.7 Å². The van der Waals surface area contributed by atoms with Crippen LogP contribution in [0.25, 0.3) is 11.0 Å². The molecule has 3 rings (SSSR count). The SMILES string of the molecule is OC1(CNc2nc3ccccc3[nH]2)CCSCC1. The molecule has 1 aliphatic rings. The van der Waals surface area contributed by atoms with Crippen molar-refractivity contribution in [2.24, 2.45) is 0 Å². The standard InChI is InChI=1S/C13H17N3OS/c17-13(5-7-18-8-6-13)9-14-12-15-10-3-1-2-4-11(10)16-12/h1-4,17H,5-9H2,(H2,14,15,16). The number of hydrogen-bond acceptors (Lipinski definition) is 4. The van der Waals surface area contributed by atoms with Crippen molar-refractivity contribution < 1.29 is 5.11 Å². The van der Waals surface area contributed by atoms with Crippen LogP contribution in [0.1, 0.15) is 12.8 Å². The molecule has 1 fully saturated rings. The zero-order valence-corrected chi connectivity index (χ0v) is 11.0. The molecule has 0 unspecified atom stereocenters. The van der Waals surface area contributed by atoms with Gasteiger partial charge in [0.15, 0.2) is 0 Å². The van der Waals surface area contributed by atoms with Gasteiger partial charge in [-0.05, 0) is 36.5 Å². The molecule has 1 aromatic carbocycles. The summed E-state index contributed by atoms with van der Waals surface area (Å²) >= 11 is 1.91. The minimum atomic E-state index is -0.579. The molecule has 1 aromatic heterocycles. The summed E-state index contributed by atoms with van der Waals surface area (Å²) in [7, 11) is 0. The molecule has 2 aromatic rings. The second-order valence-corrected chi connectivity index (χ2v) is 6.02. The monoisotopic (exact) mass is 263 g/mol. The fraction of sp³-hybridized carbons (Fsp3) is 0.462. The molecule has 3 N–H and O–H groups in total. The summed E-state index contributed by atoms with van der Waals surface area (Å²) in [6.45, 7) is 0.563. The lowest BCUT2D eigenvalue weighted by Crippen LogP contribution is -2.40. The summed E-state index contributed by atoms with van der Waals surface area (Å²) in [6, 6.07) is 7.93. The predicted octanol–water partition coefficient (Wildman–Crippen LogP) is 2.23.